The molecule has 168 valence electrons. The maximum atomic E-state index is 12.6. The van der Waals surface area contributed by atoms with Crippen molar-refractivity contribution in [2.75, 3.05) is 18.4 Å². The molecule has 0 unspecified atom stereocenters. The number of alkyl halides is 3. The van der Waals surface area contributed by atoms with E-state index in [9.17, 15) is 26.4 Å². The van der Waals surface area contributed by atoms with Crippen LogP contribution in [0.2, 0.25) is 5.02 Å². The molecule has 0 bridgehead atoms. The molecule has 6 nitrogen and oxygen atoms in total. The van der Waals surface area contributed by atoms with E-state index in [-0.39, 0.29) is 30.5 Å². The fourth-order valence-electron chi connectivity index (χ4n) is 3.26. The van der Waals surface area contributed by atoms with Crippen molar-refractivity contribution in [3.8, 4) is 5.75 Å². The van der Waals surface area contributed by atoms with Gasteiger partial charge in [-0.25, -0.2) is 12.7 Å². The Morgan fingerprint density at radius 3 is 2.19 bits per heavy atom. The summed E-state index contributed by atoms with van der Waals surface area (Å²) in [6.07, 6.45) is -4.09. The first-order valence-corrected chi connectivity index (χ1v) is 11.4. The maximum absolute atomic E-state index is 12.6. The van der Waals surface area contributed by atoms with Crippen molar-refractivity contribution >= 4 is 33.2 Å². The number of nitrogens with one attached hydrogen (secondary N) is 1. The van der Waals surface area contributed by atoms with Gasteiger partial charge in [-0.2, -0.15) is 0 Å². The zero-order valence-electron chi connectivity index (χ0n) is 16.2. The van der Waals surface area contributed by atoms with E-state index in [1.807, 2.05) is 0 Å². The average Bonchev–Trinajstić information content (AvgIpc) is 2.70. The molecular weight excluding hydrogens is 457 g/mol. The van der Waals surface area contributed by atoms with Gasteiger partial charge in [-0.15, -0.1) is 13.2 Å². The van der Waals surface area contributed by atoms with Gasteiger partial charge in [0.25, 0.3) is 0 Å². The second-order valence-corrected chi connectivity index (χ2v) is 9.52. The highest BCUT2D eigenvalue weighted by Crippen LogP contribution is 2.26. The monoisotopic (exact) mass is 476 g/mol. The molecule has 2 aromatic carbocycles. The van der Waals surface area contributed by atoms with Crippen molar-refractivity contribution in [3.63, 3.8) is 0 Å². The quantitative estimate of drug-likeness (QED) is 0.669. The van der Waals surface area contributed by atoms with Crippen LogP contribution in [0.4, 0.5) is 18.9 Å². The molecule has 0 atom stereocenters. The number of carbonyl (C=O) groups is 1. The third-order valence-corrected chi connectivity index (χ3v) is 6.94. The summed E-state index contributed by atoms with van der Waals surface area (Å²) in [5, 5.41) is 3.17. The molecule has 1 fully saturated rings. The van der Waals surface area contributed by atoms with Crippen molar-refractivity contribution in [1.29, 1.82) is 0 Å². The van der Waals surface area contributed by atoms with Gasteiger partial charge >= 0.3 is 6.36 Å². The Hall–Kier alpha value is -2.30. The van der Waals surface area contributed by atoms with Crippen LogP contribution in [0.1, 0.15) is 18.4 Å². The topological polar surface area (TPSA) is 75.7 Å². The van der Waals surface area contributed by atoms with Crippen LogP contribution < -0.4 is 10.1 Å². The van der Waals surface area contributed by atoms with Gasteiger partial charge in [0.2, 0.25) is 15.9 Å². The largest absolute Gasteiger partial charge is 0.573 e. The van der Waals surface area contributed by atoms with Crippen molar-refractivity contribution in [2.45, 2.75) is 25.0 Å². The van der Waals surface area contributed by atoms with Crippen LogP contribution in [0.15, 0.2) is 48.5 Å². The highest BCUT2D eigenvalue weighted by Gasteiger charge is 2.32. The molecule has 0 spiro atoms. The minimum atomic E-state index is -4.79. The van der Waals surface area contributed by atoms with E-state index < -0.39 is 22.3 Å². The maximum Gasteiger partial charge on any atom is 0.573 e. The number of ether oxygens (including phenoxy) is 1. The van der Waals surface area contributed by atoms with E-state index in [2.05, 4.69) is 10.1 Å². The second kappa shape index (κ2) is 9.46. The molecule has 0 radical (unpaired) electrons. The van der Waals surface area contributed by atoms with Gasteiger partial charge in [0.05, 0.1) is 5.75 Å². The van der Waals surface area contributed by atoms with Crippen molar-refractivity contribution in [1.82, 2.24) is 4.31 Å². The van der Waals surface area contributed by atoms with Gasteiger partial charge in [-0.1, -0.05) is 23.7 Å². The fourth-order valence-corrected chi connectivity index (χ4v) is 4.95. The van der Waals surface area contributed by atoms with Crippen molar-refractivity contribution in [2.24, 2.45) is 5.92 Å². The zero-order valence-corrected chi connectivity index (χ0v) is 17.8. The molecule has 3 rings (SSSR count). The summed E-state index contributed by atoms with van der Waals surface area (Å²) in [4.78, 5) is 12.5. The summed E-state index contributed by atoms with van der Waals surface area (Å²) in [6.45, 7) is 0.429. The van der Waals surface area contributed by atoms with Gasteiger partial charge in [0.1, 0.15) is 5.75 Å². The third-order valence-electron chi connectivity index (χ3n) is 4.84. The van der Waals surface area contributed by atoms with Crippen LogP contribution >= 0.6 is 11.6 Å². The summed E-state index contributed by atoms with van der Waals surface area (Å²) in [7, 11) is -3.52. The van der Waals surface area contributed by atoms with Crippen LogP contribution in [0.3, 0.4) is 0 Å². The Labute approximate surface area is 183 Å². The molecule has 11 heteroatoms. The van der Waals surface area contributed by atoms with Gasteiger partial charge in [0.15, 0.2) is 0 Å². The minimum absolute atomic E-state index is 0.145. The molecule has 0 saturated carbocycles. The molecule has 1 aliphatic heterocycles. The first-order valence-electron chi connectivity index (χ1n) is 9.41. The molecule has 0 aromatic heterocycles. The predicted molar refractivity (Wildman–Crippen MR) is 110 cm³/mol. The van der Waals surface area contributed by atoms with E-state index in [0.717, 1.165) is 12.1 Å². The SMILES string of the molecule is O=C(Nc1ccc(OC(F)(F)F)cc1)C1CCN(S(=O)(=O)Cc2ccc(Cl)cc2)CC1. The van der Waals surface area contributed by atoms with Gasteiger partial charge in [0, 0.05) is 29.7 Å². The lowest BCUT2D eigenvalue weighted by molar-refractivity contribution is -0.274. The normalized spacial score (nSPS) is 16.1. The highest BCUT2D eigenvalue weighted by atomic mass is 35.5. The highest BCUT2D eigenvalue weighted by molar-refractivity contribution is 7.88. The number of carbonyl (C=O) groups excluding carboxylic acids is 1. The average molecular weight is 477 g/mol. The van der Waals surface area contributed by atoms with Crippen LogP contribution in [0.5, 0.6) is 5.75 Å². The molecule has 31 heavy (non-hydrogen) atoms. The lowest BCUT2D eigenvalue weighted by Gasteiger charge is -2.30. The van der Waals surface area contributed by atoms with E-state index in [0.29, 0.717) is 29.1 Å². The zero-order chi connectivity index (χ0) is 22.6. The predicted octanol–water partition coefficient (Wildman–Crippen LogP) is 4.42. The number of sulfonamides is 1. The second-order valence-electron chi connectivity index (χ2n) is 7.12. The molecule has 0 aliphatic carbocycles. The number of rotatable bonds is 6. The van der Waals surface area contributed by atoms with Gasteiger partial charge in [-0.3, -0.25) is 4.79 Å². The van der Waals surface area contributed by atoms with Crippen molar-refractivity contribution < 1.29 is 31.1 Å². The summed E-state index contributed by atoms with van der Waals surface area (Å²) >= 11 is 5.82. The number of hydrogen-bond acceptors (Lipinski definition) is 4. The minimum Gasteiger partial charge on any atom is -0.406 e. The standard InChI is InChI=1S/C20H20ClF3N2O4S/c21-16-3-1-14(2-4-16)13-31(28,29)26-11-9-15(10-12-26)19(27)25-17-5-7-18(8-6-17)30-20(22,23)24/h1-8,15H,9-13H2,(H,25,27). The molecule has 1 saturated heterocycles. The first kappa shape index (κ1) is 23.4. The molecule has 1 aliphatic rings. The summed E-state index contributed by atoms with van der Waals surface area (Å²) in [6, 6.07) is 11.4. The number of hydrogen-bond donors (Lipinski definition) is 1. The van der Waals surface area contributed by atoms with Crippen LogP contribution in [0, 0.1) is 5.92 Å². The molecule has 1 N–H and O–H groups in total. The van der Waals surface area contributed by atoms with E-state index in [1.54, 1.807) is 24.3 Å². The number of nitrogens with zero attached hydrogens (tertiary/aromatic N) is 1. The molecular formula is C20H20ClF3N2O4S. The summed E-state index contributed by atoms with van der Waals surface area (Å²) < 4.78 is 67.0. The lowest BCUT2D eigenvalue weighted by Crippen LogP contribution is -2.41. The Morgan fingerprint density at radius 1 is 1.06 bits per heavy atom. The van der Waals surface area contributed by atoms with Gasteiger partial charge < -0.3 is 10.1 Å². The number of anilines is 1. The van der Waals surface area contributed by atoms with E-state index in [1.165, 1.54) is 16.4 Å². The molecule has 1 amide bonds. The lowest BCUT2D eigenvalue weighted by atomic mass is 9.97. The number of amides is 1. The number of benzene rings is 2. The molecule has 2 aromatic rings. The van der Waals surface area contributed by atoms with Crippen LogP contribution in [-0.4, -0.2) is 38.1 Å². The Kier molecular flexibility index (Phi) is 7.13. The number of halogens is 4. The van der Waals surface area contributed by atoms with E-state index in [4.69, 9.17) is 11.6 Å². The molecule has 1 heterocycles. The van der Waals surface area contributed by atoms with E-state index >= 15 is 0 Å². The van der Waals surface area contributed by atoms with Gasteiger partial charge in [-0.05, 0) is 54.8 Å². The Bertz CT molecular complexity index is 1000. The summed E-state index contributed by atoms with van der Waals surface area (Å²) in [5.41, 5.74) is 0.958. The number of piperidine rings is 1. The summed E-state index contributed by atoms with van der Waals surface area (Å²) in [5.74, 6) is -1.23. The van der Waals surface area contributed by atoms with Crippen molar-refractivity contribution in [3.05, 3.63) is 59.1 Å². The Balaban J connectivity index is 1.51. The Morgan fingerprint density at radius 2 is 1.65 bits per heavy atom. The van der Waals surface area contributed by atoms with Crippen LogP contribution in [-0.2, 0) is 20.6 Å². The fraction of sp³-hybridized carbons (Fsp3) is 0.350. The van der Waals surface area contributed by atoms with Crippen LogP contribution in [0.25, 0.3) is 0 Å². The smallest absolute Gasteiger partial charge is 0.406 e. The first-order chi connectivity index (χ1) is 14.5. The third kappa shape index (κ3) is 6.84.